The van der Waals surface area contributed by atoms with Crippen LogP contribution >= 0.6 is 24.0 Å². The van der Waals surface area contributed by atoms with Crippen LogP contribution in [0.25, 0.3) is 0 Å². The van der Waals surface area contributed by atoms with Gasteiger partial charge in [-0.1, -0.05) is 24.0 Å². The van der Waals surface area contributed by atoms with Crippen molar-refractivity contribution in [3.63, 3.8) is 0 Å². The van der Waals surface area contributed by atoms with E-state index in [4.69, 9.17) is 17.0 Å². The van der Waals surface area contributed by atoms with Crippen LogP contribution in [0.15, 0.2) is 4.99 Å². The maximum atomic E-state index is 12.2. The summed E-state index contributed by atoms with van der Waals surface area (Å²) in [6, 6.07) is -0.379. The number of carbonyl (C=O) groups is 2. The minimum atomic E-state index is -0.341. The van der Waals surface area contributed by atoms with E-state index in [1.165, 1.54) is 16.7 Å². The summed E-state index contributed by atoms with van der Waals surface area (Å²) in [5, 5.41) is 3.87. The van der Waals surface area contributed by atoms with E-state index in [1.807, 2.05) is 0 Å². The minimum absolute atomic E-state index is 0.0711. The van der Waals surface area contributed by atoms with Gasteiger partial charge in [0.15, 0.2) is 11.3 Å². The average molecular weight is 357 g/mol. The number of nitrogens with zero attached hydrogens (tertiary/aromatic N) is 4. The summed E-state index contributed by atoms with van der Waals surface area (Å²) in [6.07, 6.45) is -0.341. The van der Waals surface area contributed by atoms with Gasteiger partial charge in [0, 0.05) is 27.2 Å². The van der Waals surface area contributed by atoms with Crippen molar-refractivity contribution < 1.29 is 14.3 Å². The summed E-state index contributed by atoms with van der Waals surface area (Å²) in [7, 11) is 3.36. The van der Waals surface area contributed by atoms with Crippen molar-refractivity contribution in [3.8, 4) is 0 Å². The Balaban J connectivity index is 1.59. The molecule has 0 aromatic carbocycles. The fourth-order valence-corrected chi connectivity index (χ4v) is 3.80. The van der Waals surface area contributed by atoms with Gasteiger partial charge >= 0.3 is 6.03 Å². The van der Waals surface area contributed by atoms with E-state index >= 15 is 0 Å². The molecular formula is C13H19N5O3S2. The third-order valence-electron chi connectivity index (χ3n) is 4.10. The number of thiocarbonyl (C=S) groups is 1. The highest BCUT2D eigenvalue weighted by molar-refractivity contribution is 8.14. The second kappa shape index (κ2) is 6.62. The number of urea groups is 1. The quantitative estimate of drug-likeness (QED) is 0.675. The van der Waals surface area contributed by atoms with E-state index < -0.39 is 0 Å². The average Bonchev–Trinajstić information content (AvgIpc) is 3.01. The molecule has 3 aliphatic rings. The van der Waals surface area contributed by atoms with Crippen LogP contribution in [0.3, 0.4) is 0 Å². The molecular weight excluding hydrogens is 338 g/mol. The molecule has 0 aliphatic carbocycles. The topological polar surface area (TPSA) is 77.5 Å². The highest BCUT2D eigenvalue weighted by Crippen LogP contribution is 2.24. The fraction of sp³-hybridized carbons (Fsp3) is 0.692. The Hall–Kier alpha value is -1.39. The molecule has 1 N–H and O–H groups in total. The first-order valence-corrected chi connectivity index (χ1v) is 8.75. The number of amidine groups is 1. The summed E-state index contributed by atoms with van der Waals surface area (Å²) in [5.74, 6) is 0.382. The fourth-order valence-electron chi connectivity index (χ4n) is 2.70. The number of nitrogens with one attached hydrogen (secondary N) is 1. The van der Waals surface area contributed by atoms with Crippen LogP contribution in [0, 0.1) is 0 Å². The second-order valence-corrected chi connectivity index (χ2v) is 6.92. The summed E-state index contributed by atoms with van der Waals surface area (Å²) in [6.45, 7) is 2.45. The number of carbonyl (C=O) groups excluding carboxylic acids is 2. The standard InChI is InChI=1S/C13H19N5O3S2/c1-16-10-9(11(22)17(2)13(16)20)14-12(15-10)23-7-8(19)18-3-5-21-6-4-18/h9-10H,3-7H2,1-2H3,(H,14,15). The van der Waals surface area contributed by atoms with Gasteiger partial charge in [0.2, 0.25) is 5.91 Å². The number of thioether (sulfide) groups is 1. The second-order valence-electron chi connectivity index (χ2n) is 5.54. The van der Waals surface area contributed by atoms with Crippen LogP contribution in [0.5, 0.6) is 0 Å². The molecule has 8 nitrogen and oxygen atoms in total. The van der Waals surface area contributed by atoms with Gasteiger partial charge in [-0.2, -0.15) is 0 Å². The number of likely N-dealkylation sites (N-methyl/N-ethyl adjacent to an activating group) is 2. The van der Waals surface area contributed by atoms with Crippen LogP contribution in [0.1, 0.15) is 0 Å². The predicted octanol–water partition coefficient (Wildman–Crippen LogP) is -0.443. The van der Waals surface area contributed by atoms with Crippen molar-refractivity contribution in [1.29, 1.82) is 0 Å². The molecule has 0 spiro atoms. The van der Waals surface area contributed by atoms with Crippen LogP contribution in [0.4, 0.5) is 4.79 Å². The first-order chi connectivity index (χ1) is 11.0. The Bertz CT molecular complexity index is 564. The van der Waals surface area contributed by atoms with Gasteiger partial charge in [-0.3, -0.25) is 9.69 Å². The lowest BCUT2D eigenvalue weighted by Crippen LogP contribution is -2.62. The maximum absolute atomic E-state index is 12.2. The zero-order chi connectivity index (χ0) is 16.6. The normalized spacial score (nSPS) is 27.7. The van der Waals surface area contributed by atoms with E-state index in [0.717, 1.165) is 0 Å². The Kier molecular flexibility index (Phi) is 4.74. The lowest BCUT2D eigenvalue weighted by molar-refractivity contribution is -0.132. The van der Waals surface area contributed by atoms with Gasteiger partial charge in [-0.15, -0.1) is 0 Å². The number of hydrogen-bond donors (Lipinski definition) is 1. The smallest absolute Gasteiger partial charge is 0.326 e. The number of hydrogen-bond acceptors (Lipinski definition) is 7. The molecule has 0 aromatic heterocycles. The molecule has 2 unspecified atom stereocenters. The Morgan fingerprint density at radius 3 is 2.83 bits per heavy atom. The Morgan fingerprint density at radius 1 is 1.43 bits per heavy atom. The zero-order valence-corrected chi connectivity index (χ0v) is 14.7. The molecule has 0 radical (unpaired) electrons. The third kappa shape index (κ3) is 3.15. The summed E-state index contributed by atoms with van der Waals surface area (Å²) in [4.78, 5) is 34.1. The molecule has 3 aliphatic heterocycles. The molecule has 2 fully saturated rings. The number of ether oxygens (including phenoxy) is 1. The minimum Gasteiger partial charge on any atom is -0.378 e. The number of amides is 3. The molecule has 126 valence electrons. The largest absolute Gasteiger partial charge is 0.378 e. The van der Waals surface area contributed by atoms with Gasteiger partial charge < -0.3 is 19.9 Å². The van der Waals surface area contributed by atoms with Gasteiger partial charge in [0.1, 0.15) is 11.0 Å². The van der Waals surface area contributed by atoms with Crippen molar-refractivity contribution in [3.05, 3.63) is 0 Å². The van der Waals surface area contributed by atoms with Gasteiger partial charge in [0.25, 0.3) is 0 Å². The van der Waals surface area contributed by atoms with E-state index in [9.17, 15) is 9.59 Å². The molecule has 3 rings (SSSR count). The van der Waals surface area contributed by atoms with Crippen LogP contribution in [0.2, 0.25) is 0 Å². The zero-order valence-electron chi connectivity index (χ0n) is 13.0. The van der Waals surface area contributed by atoms with E-state index in [-0.39, 0.29) is 24.1 Å². The Morgan fingerprint density at radius 2 is 2.13 bits per heavy atom. The number of aliphatic imine (C=N–C) groups is 1. The van der Waals surface area contributed by atoms with Crippen molar-refractivity contribution >= 4 is 46.1 Å². The van der Waals surface area contributed by atoms with Gasteiger partial charge in [-0.25, -0.2) is 9.79 Å². The SMILES string of the molecule is CN1C(=O)N(C)C2N=C(SCC(=O)N3CCOCC3)NC2C1=S. The molecule has 23 heavy (non-hydrogen) atoms. The first-order valence-electron chi connectivity index (χ1n) is 7.36. The van der Waals surface area contributed by atoms with Crippen LogP contribution in [-0.4, -0.2) is 95.2 Å². The van der Waals surface area contributed by atoms with Crippen molar-refractivity contribution in [2.24, 2.45) is 4.99 Å². The summed E-state index contributed by atoms with van der Waals surface area (Å²) in [5.41, 5.74) is 0. The molecule has 0 saturated carbocycles. The number of fused-ring (bicyclic) bond motifs is 1. The van der Waals surface area contributed by atoms with Crippen molar-refractivity contribution in [2.75, 3.05) is 46.2 Å². The van der Waals surface area contributed by atoms with Crippen molar-refractivity contribution in [2.45, 2.75) is 12.2 Å². The Labute approximate surface area is 144 Å². The molecule has 3 amide bonds. The molecule has 3 heterocycles. The molecule has 0 bridgehead atoms. The lowest BCUT2D eigenvalue weighted by Gasteiger charge is -2.38. The predicted molar refractivity (Wildman–Crippen MR) is 91.5 cm³/mol. The van der Waals surface area contributed by atoms with E-state index in [2.05, 4.69) is 10.3 Å². The highest BCUT2D eigenvalue weighted by atomic mass is 32.2. The van der Waals surface area contributed by atoms with E-state index in [0.29, 0.717) is 42.2 Å². The van der Waals surface area contributed by atoms with Crippen LogP contribution < -0.4 is 5.32 Å². The summed E-state index contributed by atoms with van der Waals surface area (Å²) < 4.78 is 5.24. The van der Waals surface area contributed by atoms with E-state index in [1.54, 1.807) is 23.9 Å². The molecule has 2 atom stereocenters. The van der Waals surface area contributed by atoms with Crippen LogP contribution in [-0.2, 0) is 9.53 Å². The third-order valence-corrected chi connectivity index (χ3v) is 5.52. The number of morpholine rings is 1. The highest BCUT2D eigenvalue weighted by Gasteiger charge is 2.44. The summed E-state index contributed by atoms with van der Waals surface area (Å²) >= 11 is 6.68. The molecule has 10 heteroatoms. The van der Waals surface area contributed by atoms with Gasteiger partial charge in [0.05, 0.1) is 19.0 Å². The monoisotopic (exact) mass is 357 g/mol. The maximum Gasteiger partial charge on any atom is 0.326 e. The first kappa shape index (κ1) is 16.5. The van der Waals surface area contributed by atoms with Crippen molar-refractivity contribution in [1.82, 2.24) is 20.0 Å². The number of rotatable bonds is 2. The van der Waals surface area contributed by atoms with Gasteiger partial charge in [-0.05, 0) is 0 Å². The lowest BCUT2D eigenvalue weighted by atomic mass is 10.2. The molecule has 2 saturated heterocycles. The molecule has 0 aromatic rings.